The summed E-state index contributed by atoms with van der Waals surface area (Å²) in [6.07, 6.45) is 4.80. The second-order valence-corrected chi connectivity index (χ2v) is 4.34. The summed E-state index contributed by atoms with van der Waals surface area (Å²) in [7, 11) is 0. The second kappa shape index (κ2) is 5.13. The molecule has 1 aromatic heterocycles. The van der Waals surface area contributed by atoms with E-state index in [0.717, 1.165) is 25.9 Å². The van der Waals surface area contributed by atoms with Crippen molar-refractivity contribution in [3.05, 3.63) is 20.7 Å². The molecule has 2 heterocycles. The van der Waals surface area contributed by atoms with Crippen molar-refractivity contribution < 1.29 is 5.11 Å². The predicted molar refractivity (Wildman–Crippen MR) is 66.9 cm³/mol. The minimum atomic E-state index is -0.438. The lowest BCUT2D eigenvalue weighted by Gasteiger charge is -2.23. The highest BCUT2D eigenvalue weighted by molar-refractivity contribution is 7.71. The Hall–Kier alpha value is -1.63. The van der Waals surface area contributed by atoms with Crippen LogP contribution in [0.1, 0.15) is 24.8 Å². The van der Waals surface area contributed by atoms with Crippen molar-refractivity contribution in [2.24, 2.45) is 5.10 Å². The Bertz CT molecular complexity index is 528. The van der Waals surface area contributed by atoms with E-state index in [4.69, 9.17) is 12.2 Å². The molecule has 17 heavy (non-hydrogen) atoms. The maximum Gasteiger partial charge on any atom is 0.264 e. The first kappa shape index (κ1) is 11.8. The van der Waals surface area contributed by atoms with E-state index in [1.54, 1.807) is 0 Å². The zero-order valence-corrected chi connectivity index (χ0v) is 10.1. The Balaban J connectivity index is 2.20. The molecule has 0 saturated carbocycles. The number of nitrogens with one attached hydrogen (secondary N) is 2. The van der Waals surface area contributed by atoms with Gasteiger partial charge < -0.3 is 10.1 Å². The summed E-state index contributed by atoms with van der Waals surface area (Å²) in [5, 5.41) is 15.6. The van der Waals surface area contributed by atoms with Gasteiger partial charge in [-0.1, -0.05) is 0 Å². The lowest BCUT2D eigenvalue weighted by Crippen LogP contribution is -2.25. The monoisotopic (exact) mass is 254 g/mol. The van der Waals surface area contributed by atoms with Gasteiger partial charge in [-0.25, -0.2) is 0 Å². The summed E-state index contributed by atoms with van der Waals surface area (Å²) in [6.45, 7) is 1.77. The Kier molecular flexibility index (Phi) is 3.58. The zero-order valence-electron chi connectivity index (χ0n) is 9.27. The van der Waals surface area contributed by atoms with Crippen molar-refractivity contribution in [2.45, 2.75) is 19.3 Å². The molecule has 1 saturated heterocycles. The van der Waals surface area contributed by atoms with Crippen LogP contribution in [0.4, 0.5) is 0 Å². The summed E-state index contributed by atoms with van der Waals surface area (Å²) < 4.78 is 0.0997. The zero-order chi connectivity index (χ0) is 12.3. The fourth-order valence-electron chi connectivity index (χ4n) is 1.74. The maximum absolute atomic E-state index is 11.5. The highest BCUT2D eigenvalue weighted by Gasteiger charge is 2.08. The van der Waals surface area contributed by atoms with E-state index in [2.05, 4.69) is 15.1 Å². The van der Waals surface area contributed by atoms with E-state index in [-0.39, 0.29) is 16.2 Å². The lowest BCUT2D eigenvalue weighted by molar-refractivity contribution is 0.240. The van der Waals surface area contributed by atoms with Crippen molar-refractivity contribution >= 4 is 18.4 Å². The first-order chi connectivity index (χ1) is 8.16. The molecule has 0 amide bonds. The molecule has 0 bridgehead atoms. The van der Waals surface area contributed by atoms with E-state index in [1.165, 1.54) is 12.6 Å². The van der Waals surface area contributed by atoms with Gasteiger partial charge in [-0.3, -0.25) is 14.8 Å². The number of hydrogen-bond donors (Lipinski definition) is 3. The van der Waals surface area contributed by atoms with E-state index in [1.807, 2.05) is 5.01 Å². The number of hydrazone groups is 1. The average Bonchev–Trinajstić information content (AvgIpc) is 2.29. The van der Waals surface area contributed by atoms with Crippen molar-refractivity contribution in [2.75, 3.05) is 13.1 Å². The number of piperidine rings is 1. The molecule has 0 aromatic carbocycles. The number of aromatic amines is 2. The van der Waals surface area contributed by atoms with Crippen LogP contribution in [-0.2, 0) is 0 Å². The molecule has 7 heteroatoms. The molecule has 0 aliphatic carbocycles. The highest BCUT2D eigenvalue weighted by atomic mass is 32.1. The topological polar surface area (TPSA) is 84.5 Å². The summed E-state index contributed by atoms with van der Waals surface area (Å²) >= 11 is 4.73. The number of rotatable bonds is 2. The fourth-order valence-corrected chi connectivity index (χ4v) is 1.93. The lowest BCUT2D eigenvalue weighted by atomic mass is 10.2. The van der Waals surface area contributed by atoms with Crippen LogP contribution in [0.2, 0.25) is 0 Å². The van der Waals surface area contributed by atoms with Gasteiger partial charge in [0.2, 0.25) is 5.88 Å². The van der Waals surface area contributed by atoms with Gasteiger partial charge in [-0.2, -0.15) is 5.10 Å². The molecule has 92 valence electrons. The molecule has 0 radical (unpaired) electrons. The molecule has 2 rings (SSSR count). The van der Waals surface area contributed by atoms with Crippen LogP contribution >= 0.6 is 12.2 Å². The van der Waals surface area contributed by atoms with Crippen LogP contribution in [0.5, 0.6) is 5.88 Å². The van der Waals surface area contributed by atoms with Crippen LogP contribution in [0, 0.1) is 4.77 Å². The second-order valence-electron chi connectivity index (χ2n) is 3.93. The van der Waals surface area contributed by atoms with Gasteiger partial charge in [0.15, 0.2) is 4.77 Å². The van der Waals surface area contributed by atoms with Crippen molar-refractivity contribution in [1.82, 2.24) is 15.0 Å². The molecule has 1 aliphatic rings. The van der Waals surface area contributed by atoms with Gasteiger partial charge in [0, 0.05) is 13.1 Å². The molecule has 3 N–H and O–H groups in total. The fraction of sp³-hybridized carbons (Fsp3) is 0.500. The van der Waals surface area contributed by atoms with Crippen molar-refractivity contribution in [3.63, 3.8) is 0 Å². The average molecular weight is 254 g/mol. The normalized spacial score (nSPS) is 16.6. The number of H-pyrrole nitrogens is 2. The SMILES string of the molecule is O=c1[nH]c(=S)[nH]c(O)c1/C=N/N1CCCCC1. The third-order valence-electron chi connectivity index (χ3n) is 2.64. The smallest absolute Gasteiger partial charge is 0.264 e. The Labute approximate surface area is 103 Å². The van der Waals surface area contributed by atoms with Gasteiger partial charge in [-0.15, -0.1) is 0 Å². The van der Waals surface area contributed by atoms with E-state index >= 15 is 0 Å². The van der Waals surface area contributed by atoms with Crippen LogP contribution in [0.15, 0.2) is 9.90 Å². The Morgan fingerprint density at radius 1 is 1.29 bits per heavy atom. The summed E-state index contributed by atoms with van der Waals surface area (Å²) in [5.41, 5.74) is -0.337. The van der Waals surface area contributed by atoms with E-state index in [9.17, 15) is 9.90 Å². The summed E-state index contributed by atoms with van der Waals surface area (Å²) in [5.74, 6) is -0.250. The minimum Gasteiger partial charge on any atom is -0.494 e. The molecule has 0 unspecified atom stereocenters. The maximum atomic E-state index is 11.5. The molecule has 1 aromatic rings. The van der Waals surface area contributed by atoms with Gasteiger partial charge in [0.25, 0.3) is 5.56 Å². The molecule has 1 fully saturated rings. The van der Waals surface area contributed by atoms with Gasteiger partial charge >= 0.3 is 0 Å². The Morgan fingerprint density at radius 3 is 2.65 bits per heavy atom. The number of aromatic hydroxyl groups is 1. The van der Waals surface area contributed by atoms with Crippen molar-refractivity contribution in [1.29, 1.82) is 0 Å². The predicted octanol–water partition coefficient (Wildman–Crippen LogP) is 0.958. The quantitative estimate of drug-likeness (QED) is 0.542. The summed E-state index contributed by atoms with van der Waals surface area (Å²) in [4.78, 5) is 16.4. The molecule has 0 atom stereocenters. The van der Waals surface area contributed by atoms with Crippen molar-refractivity contribution in [3.8, 4) is 5.88 Å². The number of nitrogens with zero attached hydrogens (tertiary/aromatic N) is 2. The largest absolute Gasteiger partial charge is 0.494 e. The molecular formula is C10H14N4O2S. The first-order valence-electron chi connectivity index (χ1n) is 5.51. The Morgan fingerprint density at radius 2 is 2.00 bits per heavy atom. The van der Waals surface area contributed by atoms with E-state index in [0.29, 0.717) is 0 Å². The van der Waals surface area contributed by atoms with Crippen LogP contribution in [0.25, 0.3) is 0 Å². The highest BCUT2D eigenvalue weighted by Crippen LogP contribution is 2.09. The minimum absolute atomic E-state index is 0.0997. The molecule has 1 aliphatic heterocycles. The number of hydrogen-bond acceptors (Lipinski definition) is 5. The third kappa shape index (κ3) is 2.94. The van der Waals surface area contributed by atoms with E-state index < -0.39 is 5.56 Å². The van der Waals surface area contributed by atoms with Crippen LogP contribution in [-0.4, -0.2) is 39.4 Å². The molecule has 0 spiro atoms. The van der Waals surface area contributed by atoms with Gasteiger partial charge in [0.05, 0.1) is 6.21 Å². The van der Waals surface area contributed by atoms with Crippen LogP contribution < -0.4 is 5.56 Å². The third-order valence-corrected chi connectivity index (χ3v) is 2.85. The van der Waals surface area contributed by atoms with Gasteiger partial charge in [-0.05, 0) is 31.5 Å². The standard InChI is InChI=1S/C10H14N4O2S/c15-8-7(9(16)13-10(17)12-8)6-11-14-4-2-1-3-5-14/h6H,1-5H2,(H3,12,13,15,16,17)/b11-6+. The van der Waals surface area contributed by atoms with Gasteiger partial charge in [0.1, 0.15) is 5.56 Å². The van der Waals surface area contributed by atoms with Crippen LogP contribution in [0.3, 0.4) is 0 Å². The first-order valence-corrected chi connectivity index (χ1v) is 5.92. The number of aromatic nitrogens is 2. The molecule has 6 nitrogen and oxygen atoms in total. The summed E-state index contributed by atoms with van der Waals surface area (Å²) in [6, 6.07) is 0. The molecular weight excluding hydrogens is 240 g/mol.